The molecule has 0 spiro atoms. The Kier molecular flexibility index (Phi) is 5.54. The number of anilines is 1. The van der Waals surface area contributed by atoms with E-state index in [-0.39, 0.29) is 11.3 Å². The lowest BCUT2D eigenvalue weighted by atomic mass is 10.2. The predicted octanol–water partition coefficient (Wildman–Crippen LogP) is 3.28. The summed E-state index contributed by atoms with van der Waals surface area (Å²) in [5.74, 6) is -2.01. The number of ether oxygens (including phenoxy) is 2. The molecule has 0 fully saturated rings. The third kappa shape index (κ3) is 4.69. The average molecular weight is 338 g/mol. The first-order valence-corrected chi connectivity index (χ1v) is 6.93. The molecule has 0 heterocycles. The van der Waals surface area contributed by atoms with E-state index in [1.54, 1.807) is 24.3 Å². The molecule has 1 N–H and O–H groups in total. The van der Waals surface area contributed by atoms with E-state index < -0.39 is 24.3 Å². The summed E-state index contributed by atoms with van der Waals surface area (Å²) in [7, 11) is 1.38. The standard InChI is InChI=1S/C16H13ClFNO4/c1-22-12-5-6-13(14(18)8-12)16(21)23-9-15(20)19-11-4-2-3-10(17)7-11/h2-8H,9H2,1H3,(H,19,20). The molecule has 0 aliphatic rings. The first-order valence-electron chi connectivity index (χ1n) is 6.55. The van der Waals surface area contributed by atoms with Crippen molar-refractivity contribution in [3.05, 3.63) is 58.9 Å². The fourth-order valence-corrected chi connectivity index (χ4v) is 1.95. The van der Waals surface area contributed by atoms with Crippen LogP contribution in [0.5, 0.6) is 5.75 Å². The largest absolute Gasteiger partial charge is 0.497 e. The van der Waals surface area contributed by atoms with Gasteiger partial charge < -0.3 is 14.8 Å². The number of hydrogen-bond acceptors (Lipinski definition) is 4. The van der Waals surface area contributed by atoms with E-state index in [9.17, 15) is 14.0 Å². The average Bonchev–Trinajstić information content (AvgIpc) is 2.52. The summed E-state index contributed by atoms with van der Waals surface area (Å²) in [4.78, 5) is 23.5. The fraction of sp³-hybridized carbons (Fsp3) is 0.125. The number of methoxy groups -OCH3 is 1. The Morgan fingerprint density at radius 3 is 2.65 bits per heavy atom. The van der Waals surface area contributed by atoms with Crippen LogP contribution in [0.2, 0.25) is 5.02 Å². The summed E-state index contributed by atoms with van der Waals surface area (Å²) in [6, 6.07) is 10.2. The molecule has 0 aliphatic heterocycles. The molecule has 0 aromatic heterocycles. The van der Waals surface area contributed by atoms with E-state index in [0.29, 0.717) is 10.7 Å². The van der Waals surface area contributed by atoms with Crippen LogP contribution in [-0.2, 0) is 9.53 Å². The van der Waals surface area contributed by atoms with Crippen LogP contribution in [-0.4, -0.2) is 25.6 Å². The molecule has 2 aromatic carbocycles. The van der Waals surface area contributed by atoms with Crippen molar-refractivity contribution < 1.29 is 23.5 Å². The molecule has 0 radical (unpaired) electrons. The molecule has 1 amide bonds. The van der Waals surface area contributed by atoms with Crippen molar-refractivity contribution in [2.45, 2.75) is 0 Å². The number of amides is 1. The smallest absolute Gasteiger partial charge is 0.341 e. The van der Waals surface area contributed by atoms with Crippen molar-refractivity contribution in [1.29, 1.82) is 0 Å². The normalized spacial score (nSPS) is 10.0. The number of carbonyl (C=O) groups excluding carboxylic acids is 2. The number of benzene rings is 2. The maximum absolute atomic E-state index is 13.7. The Morgan fingerprint density at radius 1 is 1.22 bits per heavy atom. The molecule has 5 nitrogen and oxygen atoms in total. The highest BCUT2D eigenvalue weighted by molar-refractivity contribution is 6.30. The van der Waals surface area contributed by atoms with Crippen LogP contribution >= 0.6 is 11.6 Å². The molecule has 7 heteroatoms. The van der Waals surface area contributed by atoms with Crippen molar-refractivity contribution in [2.24, 2.45) is 0 Å². The van der Waals surface area contributed by atoms with Crippen molar-refractivity contribution in [2.75, 3.05) is 19.0 Å². The van der Waals surface area contributed by atoms with Gasteiger partial charge in [0.2, 0.25) is 0 Å². The summed E-state index contributed by atoms with van der Waals surface area (Å²) >= 11 is 5.79. The molecule has 0 bridgehead atoms. The number of carbonyl (C=O) groups is 2. The Morgan fingerprint density at radius 2 is 2.00 bits per heavy atom. The highest BCUT2D eigenvalue weighted by atomic mass is 35.5. The lowest BCUT2D eigenvalue weighted by molar-refractivity contribution is -0.119. The van der Waals surface area contributed by atoms with Gasteiger partial charge in [0.1, 0.15) is 11.6 Å². The minimum Gasteiger partial charge on any atom is -0.497 e. The Labute approximate surface area is 137 Å². The second-order valence-electron chi connectivity index (χ2n) is 4.48. The molecule has 2 aromatic rings. The monoisotopic (exact) mass is 337 g/mol. The molecular weight excluding hydrogens is 325 g/mol. The highest BCUT2D eigenvalue weighted by Crippen LogP contribution is 2.17. The van der Waals surface area contributed by atoms with Crippen LogP contribution in [0.4, 0.5) is 10.1 Å². The molecule has 0 atom stereocenters. The van der Waals surface area contributed by atoms with Gasteiger partial charge in [-0.2, -0.15) is 0 Å². The van der Waals surface area contributed by atoms with Crippen molar-refractivity contribution >= 4 is 29.2 Å². The van der Waals surface area contributed by atoms with Gasteiger partial charge in [-0.25, -0.2) is 9.18 Å². The molecule has 0 aliphatic carbocycles. The van der Waals surface area contributed by atoms with Crippen molar-refractivity contribution in [3.63, 3.8) is 0 Å². The minimum atomic E-state index is -0.939. The van der Waals surface area contributed by atoms with Crippen LogP contribution in [0.15, 0.2) is 42.5 Å². The van der Waals surface area contributed by atoms with Gasteiger partial charge in [0, 0.05) is 16.8 Å². The number of hydrogen-bond donors (Lipinski definition) is 1. The quantitative estimate of drug-likeness (QED) is 0.850. The first-order chi connectivity index (χ1) is 11.0. The van der Waals surface area contributed by atoms with E-state index in [2.05, 4.69) is 5.32 Å². The maximum Gasteiger partial charge on any atom is 0.341 e. The third-order valence-corrected chi connectivity index (χ3v) is 3.07. The molecular formula is C16H13ClFNO4. The lowest BCUT2D eigenvalue weighted by Crippen LogP contribution is -2.21. The Balaban J connectivity index is 1.92. The minimum absolute atomic E-state index is 0.276. The molecule has 0 unspecified atom stereocenters. The van der Waals surface area contributed by atoms with Gasteiger partial charge in [-0.15, -0.1) is 0 Å². The molecule has 0 saturated heterocycles. The van der Waals surface area contributed by atoms with Gasteiger partial charge in [-0.05, 0) is 30.3 Å². The van der Waals surface area contributed by atoms with Crippen LogP contribution in [0, 0.1) is 5.82 Å². The number of nitrogens with one attached hydrogen (secondary N) is 1. The van der Waals surface area contributed by atoms with Crippen LogP contribution in [0.1, 0.15) is 10.4 Å². The highest BCUT2D eigenvalue weighted by Gasteiger charge is 2.15. The third-order valence-electron chi connectivity index (χ3n) is 2.84. The van der Waals surface area contributed by atoms with Gasteiger partial charge in [-0.1, -0.05) is 17.7 Å². The second kappa shape index (κ2) is 7.60. The van der Waals surface area contributed by atoms with Crippen LogP contribution < -0.4 is 10.1 Å². The fourth-order valence-electron chi connectivity index (χ4n) is 1.76. The van der Waals surface area contributed by atoms with E-state index >= 15 is 0 Å². The molecule has 0 saturated carbocycles. The van der Waals surface area contributed by atoms with Gasteiger partial charge in [0.25, 0.3) is 5.91 Å². The maximum atomic E-state index is 13.7. The molecule has 120 valence electrons. The first kappa shape index (κ1) is 16.8. The number of esters is 1. The van der Waals surface area contributed by atoms with E-state index in [1.165, 1.54) is 19.2 Å². The summed E-state index contributed by atoms with van der Waals surface area (Å²) in [5, 5.41) is 2.97. The van der Waals surface area contributed by atoms with Gasteiger partial charge in [0.15, 0.2) is 6.61 Å². The SMILES string of the molecule is COc1ccc(C(=O)OCC(=O)Nc2cccc(Cl)c2)c(F)c1. The number of rotatable bonds is 5. The van der Waals surface area contributed by atoms with Crippen LogP contribution in [0.3, 0.4) is 0 Å². The van der Waals surface area contributed by atoms with Gasteiger partial charge in [-0.3, -0.25) is 4.79 Å². The second-order valence-corrected chi connectivity index (χ2v) is 4.92. The Bertz CT molecular complexity index is 736. The Hall–Kier alpha value is -2.60. The summed E-state index contributed by atoms with van der Waals surface area (Å²) in [6.45, 7) is -0.545. The lowest BCUT2D eigenvalue weighted by Gasteiger charge is -2.08. The van der Waals surface area contributed by atoms with Gasteiger partial charge >= 0.3 is 5.97 Å². The van der Waals surface area contributed by atoms with E-state index in [0.717, 1.165) is 6.07 Å². The zero-order chi connectivity index (χ0) is 16.8. The predicted molar refractivity (Wildman–Crippen MR) is 83.3 cm³/mol. The van der Waals surface area contributed by atoms with Gasteiger partial charge in [0.05, 0.1) is 12.7 Å². The topological polar surface area (TPSA) is 64.6 Å². The van der Waals surface area contributed by atoms with Crippen molar-refractivity contribution in [1.82, 2.24) is 0 Å². The van der Waals surface area contributed by atoms with Crippen LogP contribution in [0.25, 0.3) is 0 Å². The molecule has 2 rings (SSSR count). The zero-order valence-electron chi connectivity index (χ0n) is 12.1. The van der Waals surface area contributed by atoms with E-state index in [1.807, 2.05) is 0 Å². The number of halogens is 2. The summed E-state index contributed by atoms with van der Waals surface area (Å²) in [5.41, 5.74) is 0.190. The zero-order valence-corrected chi connectivity index (χ0v) is 12.9. The summed E-state index contributed by atoms with van der Waals surface area (Å²) in [6.07, 6.45) is 0. The molecule has 23 heavy (non-hydrogen) atoms. The van der Waals surface area contributed by atoms with E-state index in [4.69, 9.17) is 21.1 Å². The summed E-state index contributed by atoms with van der Waals surface area (Å²) < 4.78 is 23.3. The van der Waals surface area contributed by atoms with Crippen molar-refractivity contribution in [3.8, 4) is 5.75 Å².